The van der Waals surface area contributed by atoms with E-state index >= 15 is 0 Å². The summed E-state index contributed by atoms with van der Waals surface area (Å²) in [5.41, 5.74) is 1.94. The van der Waals surface area contributed by atoms with Gasteiger partial charge in [0.05, 0.1) is 12.5 Å². The molecule has 0 fully saturated rings. The van der Waals surface area contributed by atoms with E-state index in [1.54, 1.807) is 35.2 Å². The maximum atomic E-state index is 12.6. The van der Waals surface area contributed by atoms with Gasteiger partial charge < -0.3 is 9.73 Å². The van der Waals surface area contributed by atoms with Crippen LogP contribution in [0.3, 0.4) is 0 Å². The fourth-order valence-electron chi connectivity index (χ4n) is 2.60. The highest BCUT2D eigenvalue weighted by atomic mass is 16.4. The Kier molecular flexibility index (Phi) is 3.63. The van der Waals surface area contributed by atoms with E-state index in [0.29, 0.717) is 17.0 Å². The van der Waals surface area contributed by atoms with Gasteiger partial charge in [0.25, 0.3) is 5.91 Å². The molecule has 0 bridgehead atoms. The van der Waals surface area contributed by atoms with E-state index < -0.39 is 5.63 Å². The molecule has 0 aliphatic carbocycles. The Balaban J connectivity index is 1.64. The first-order valence-electron chi connectivity index (χ1n) is 7.64. The zero-order valence-electron chi connectivity index (χ0n) is 13.0. The first-order valence-corrected chi connectivity index (χ1v) is 7.64. The zero-order valence-corrected chi connectivity index (χ0v) is 13.0. The van der Waals surface area contributed by atoms with Crippen molar-refractivity contribution in [1.29, 1.82) is 0 Å². The molecule has 0 saturated carbocycles. The molecule has 1 N–H and O–H groups in total. The van der Waals surface area contributed by atoms with E-state index in [9.17, 15) is 9.59 Å². The summed E-state index contributed by atoms with van der Waals surface area (Å²) in [5.74, 6) is -0.280. The molecule has 1 amide bonds. The van der Waals surface area contributed by atoms with Crippen molar-refractivity contribution in [3.05, 3.63) is 89.3 Å². The van der Waals surface area contributed by atoms with Crippen molar-refractivity contribution in [3.63, 3.8) is 0 Å². The molecule has 2 aromatic carbocycles. The number of benzene rings is 2. The van der Waals surface area contributed by atoms with E-state index in [-0.39, 0.29) is 5.91 Å². The molecule has 4 aromatic rings. The minimum atomic E-state index is -0.406. The van der Waals surface area contributed by atoms with Gasteiger partial charge in [-0.25, -0.2) is 9.78 Å². The Morgan fingerprint density at radius 3 is 2.72 bits per heavy atom. The number of carbonyl (C=O) groups is 1. The van der Waals surface area contributed by atoms with Crippen molar-refractivity contribution >= 4 is 22.6 Å². The highest BCUT2D eigenvalue weighted by Gasteiger charge is 2.13. The molecule has 4 rings (SSSR count). The van der Waals surface area contributed by atoms with Crippen molar-refractivity contribution in [3.8, 4) is 5.69 Å². The lowest BCUT2D eigenvalue weighted by Crippen LogP contribution is -2.16. The largest absolute Gasteiger partial charge is 0.423 e. The summed E-state index contributed by atoms with van der Waals surface area (Å²) >= 11 is 0. The maximum Gasteiger partial charge on any atom is 0.336 e. The van der Waals surface area contributed by atoms with Gasteiger partial charge in [0.2, 0.25) is 0 Å². The SMILES string of the molecule is O=C(Nc1ccc2oc(=O)ccc2c1)c1cncn1-c1ccccc1. The molecule has 6 heteroatoms. The van der Waals surface area contributed by atoms with Crippen LogP contribution >= 0.6 is 0 Å². The molecule has 2 heterocycles. The normalized spacial score (nSPS) is 10.7. The summed E-state index contributed by atoms with van der Waals surface area (Å²) in [5, 5.41) is 3.57. The highest BCUT2D eigenvalue weighted by molar-refractivity contribution is 6.04. The van der Waals surface area contributed by atoms with Gasteiger partial charge in [0, 0.05) is 22.8 Å². The zero-order chi connectivity index (χ0) is 17.2. The van der Waals surface area contributed by atoms with Crippen LogP contribution in [0.1, 0.15) is 10.5 Å². The van der Waals surface area contributed by atoms with Gasteiger partial charge in [-0.2, -0.15) is 0 Å². The molecule has 0 atom stereocenters. The lowest BCUT2D eigenvalue weighted by atomic mass is 10.2. The number of hydrogen-bond donors (Lipinski definition) is 1. The molecule has 0 aliphatic rings. The molecule has 0 aliphatic heterocycles. The summed E-state index contributed by atoms with van der Waals surface area (Å²) in [7, 11) is 0. The highest BCUT2D eigenvalue weighted by Crippen LogP contribution is 2.19. The third kappa shape index (κ3) is 2.92. The second-order valence-electron chi connectivity index (χ2n) is 5.45. The summed E-state index contributed by atoms with van der Waals surface area (Å²) in [6.07, 6.45) is 3.11. The lowest BCUT2D eigenvalue weighted by Gasteiger charge is -2.09. The summed E-state index contributed by atoms with van der Waals surface area (Å²) < 4.78 is 6.81. The average molecular weight is 331 g/mol. The topological polar surface area (TPSA) is 77.1 Å². The number of imidazole rings is 1. The van der Waals surface area contributed by atoms with Crippen LogP contribution in [0.15, 0.2) is 82.4 Å². The smallest absolute Gasteiger partial charge is 0.336 e. The average Bonchev–Trinajstić information content (AvgIpc) is 3.12. The minimum absolute atomic E-state index is 0.280. The number of amides is 1. The van der Waals surface area contributed by atoms with E-state index in [1.807, 2.05) is 30.3 Å². The fourth-order valence-corrected chi connectivity index (χ4v) is 2.60. The quantitative estimate of drug-likeness (QED) is 0.585. The Labute approximate surface area is 142 Å². The second kappa shape index (κ2) is 6.09. The number of rotatable bonds is 3. The first-order chi connectivity index (χ1) is 12.2. The van der Waals surface area contributed by atoms with Crippen LogP contribution in [0.2, 0.25) is 0 Å². The van der Waals surface area contributed by atoms with Crippen LogP contribution < -0.4 is 10.9 Å². The number of nitrogens with zero attached hydrogens (tertiary/aromatic N) is 2. The molecule has 122 valence electrons. The second-order valence-corrected chi connectivity index (χ2v) is 5.45. The van der Waals surface area contributed by atoms with Crippen molar-refractivity contribution in [1.82, 2.24) is 9.55 Å². The first kappa shape index (κ1) is 14.9. The van der Waals surface area contributed by atoms with Gasteiger partial charge in [0.1, 0.15) is 11.3 Å². The molecular formula is C19H13N3O3. The van der Waals surface area contributed by atoms with Gasteiger partial charge in [-0.3, -0.25) is 9.36 Å². The predicted molar refractivity (Wildman–Crippen MR) is 94.0 cm³/mol. The van der Waals surface area contributed by atoms with Crippen molar-refractivity contribution in [2.45, 2.75) is 0 Å². The number of anilines is 1. The Morgan fingerprint density at radius 2 is 1.88 bits per heavy atom. The van der Waals surface area contributed by atoms with Gasteiger partial charge in [-0.1, -0.05) is 18.2 Å². The Morgan fingerprint density at radius 1 is 1.04 bits per heavy atom. The van der Waals surface area contributed by atoms with Crippen LogP contribution in [0.25, 0.3) is 16.7 Å². The fraction of sp³-hybridized carbons (Fsp3) is 0. The molecule has 6 nitrogen and oxygen atoms in total. The molecule has 0 radical (unpaired) electrons. The van der Waals surface area contributed by atoms with E-state index in [0.717, 1.165) is 11.1 Å². The van der Waals surface area contributed by atoms with Crippen molar-refractivity contribution in [2.24, 2.45) is 0 Å². The monoisotopic (exact) mass is 331 g/mol. The molecule has 25 heavy (non-hydrogen) atoms. The molecule has 0 spiro atoms. The number of hydrogen-bond acceptors (Lipinski definition) is 4. The molecular weight excluding hydrogens is 318 g/mol. The summed E-state index contributed by atoms with van der Waals surface area (Å²) in [6.45, 7) is 0. The summed E-state index contributed by atoms with van der Waals surface area (Å²) in [4.78, 5) is 27.9. The molecule has 2 aromatic heterocycles. The van der Waals surface area contributed by atoms with Gasteiger partial charge in [0.15, 0.2) is 0 Å². The van der Waals surface area contributed by atoms with E-state index in [1.165, 1.54) is 12.3 Å². The third-order valence-electron chi connectivity index (χ3n) is 3.78. The van der Waals surface area contributed by atoms with Crippen LogP contribution in [0.5, 0.6) is 0 Å². The number of para-hydroxylation sites is 1. The van der Waals surface area contributed by atoms with E-state index in [4.69, 9.17) is 4.42 Å². The van der Waals surface area contributed by atoms with Crippen LogP contribution in [-0.4, -0.2) is 15.5 Å². The number of aromatic nitrogens is 2. The molecule has 0 saturated heterocycles. The van der Waals surface area contributed by atoms with Gasteiger partial charge in [-0.05, 0) is 36.4 Å². The van der Waals surface area contributed by atoms with Crippen molar-refractivity contribution < 1.29 is 9.21 Å². The van der Waals surface area contributed by atoms with E-state index in [2.05, 4.69) is 10.3 Å². The van der Waals surface area contributed by atoms with Crippen LogP contribution in [0.4, 0.5) is 5.69 Å². The number of fused-ring (bicyclic) bond motifs is 1. The lowest BCUT2D eigenvalue weighted by molar-refractivity contribution is 0.102. The predicted octanol–water partition coefficient (Wildman–Crippen LogP) is 3.23. The summed E-state index contributed by atoms with van der Waals surface area (Å²) in [6, 6.07) is 17.6. The van der Waals surface area contributed by atoms with Crippen LogP contribution in [0, 0.1) is 0 Å². The van der Waals surface area contributed by atoms with Crippen molar-refractivity contribution in [2.75, 3.05) is 5.32 Å². The van der Waals surface area contributed by atoms with Gasteiger partial charge in [-0.15, -0.1) is 0 Å². The standard InChI is InChI=1S/C19H13N3O3/c23-18-9-6-13-10-14(7-8-17(13)25-18)21-19(24)16-11-20-12-22(16)15-4-2-1-3-5-15/h1-12H,(H,21,24). The Bertz CT molecular complexity index is 1110. The minimum Gasteiger partial charge on any atom is -0.423 e. The number of carbonyl (C=O) groups excluding carboxylic acids is 1. The number of nitrogens with one attached hydrogen (secondary N) is 1. The van der Waals surface area contributed by atoms with Gasteiger partial charge >= 0.3 is 5.63 Å². The van der Waals surface area contributed by atoms with Crippen LogP contribution in [-0.2, 0) is 0 Å². The Hall–Kier alpha value is -3.67. The molecule has 0 unspecified atom stereocenters. The third-order valence-corrected chi connectivity index (χ3v) is 3.78. The maximum absolute atomic E-state index is 12.6.